The average molecular weight is 487 g/mol. The van der Waals surface area contributed by atoms with Crippen molar-refractivity contribution in [2.45, 2.75) is 50.2 Å². The average Bonchev–Trinajstić information content (AvgIpc) is 3.59. The van der Waals surface area contributed by atoms with Crippen molar-refractivity contribution in [2.75, 3.05) is 6.61 Å². The van der Waals surface area contributed by atoms with Crippen molar-refractivity contribution >= 4 is 33.6 Å². The first-order valence-electron chi connectivity index (χ1n) is 11.8. The van der Waals surface area contributed by atoms with Crippen molar-refractivity contribution in [1.82, 2.24) is 19.7 Å². The van der Waals surface area contributed by atoms with Gasteiger partial charge in [0.1, 0.15) is 5.58 Å². The first kappa shape index (κ1) is 22.1. The van der Waals surface area contributed by atoms with Crippen LogP contribution in [0.3, 0.4) is 0 Å². The van der Waals surface area contributed by atoms with Crippen LogP contribution in [0, 0.1) is 13.8 Å². The Hall–Kier alpha value is -3.36. The lowest BCUT2D eigenvalue weighted by molar-refractivity contribution is 0.0953. The van der Waals surface area contributed by atoms with Crippen LogP contribution in [0.1, 0.15) is 29.5 Å². The standard InChI is InChI=1S/C27H26N4O3S/c1-16-10-21-18(12-25(32)34-24(21)11-17(16)2)15-35-27-30-29-26(31(27)14-19-6-5-9-33-19)22-13-28-23-8-4-3-7-20(22)23/h3-4,7-8,10-13,19,28H,5-6,9,14-15H2,1-2H3. The number of hydrogen-bond acceptors (Lipinski definition) is 6. The fourth-order valence-corrected chi connectivity index (χ4v) is 5.69. The lowest BCUT2D eigenvalue weighted by atomic mass is 10.0. The summed E-state index contributed by atoms with van der Waals surface area (Å²) < 4.78 is 13.6. The summed E-state index contributed by atoms with van der Waals surface area (Å²) in [6.07, 6.45) is 4.24. The van der Waals surface area contributed by atoms with E-state index in [1.54, 1.807) is 17.8 Å². The molecule has 1 saturated heterocycles. The SMILES string of the molecule is Cc1cc2oc(=O)cc(CSc3nnc(-c4c[nH]c5ccccc45)n3CC3CCCO3)c2cc1C. The Bertz CT molecular complexity index is 1590. The fourth-order valence-electron chi connectivity index (χ4n) is 4.75. The Kier molecular flexibility index (Phi) is 5.70. The van der Waals surface area contributed by atoms with Crippen molar-refractivity contribution in [3.63, 3.8) is 0 Å². The second-order valence-electron chi connectivity index (χ2n) is 9.11. The number of thioether (sulfide) groups is 1. The van der Waals surface area contributed by atoms with Gasteiger partial charge in [0.2, 0.25) is 0 Å². The topological polar surface area (TPSA) is 85.9 Å². The molecule has 0 spiro atoms. The van der Waals surface area contributed by atoms with Gasteiger partial charge < -0.3 is 14.1 Å². The van der Waals surface area contributed by atoms with Gasteiger partial charge in [-0.05, 0) is 61.6 Å². The molecule has 4 heterocycles. The number of fused-ring (bicyclic) bond motifs is 2. The number of H-pyrrole nitrogens is 1. The summed E-state index contributed by atoms with van der Waals surface area (Å²) in [6, 6.07) is 13.8. The summed E-state index contributed by atoms with van der Waals surface area (Å²) in [5, 5.41) is 12.1. The van der Waals surface area contributed by atoms with Crippen molar-refractivity contribution in [3.05, 3.63) is 75.8 Å². The summed E-state index contributed by atoms with van der Waals surface area (Å²) in [6.45, 7) is 5.58. The van der Waals surface area contributed by atoms with E-state index in [0.29, 0.717) is 17.9 Å². The van der Waals surface area contributed by atoms with E-state index in [0.717, 1.165) is 63.4 Å². The van der Waals surface area contributed by atoms with E-state index in [2.05, 4.69) is 44.9 Å². The molecule has 0 aliphatic carbocycles. The van der Waals surface area contributed by atoms with Crippen molar-refractivity contribution in [1.29, 1.82) is 0 Å². The molecule has 1 atom stereocenters. The molecule has 0 saturated carbocycles. The summed E-state index contributed by atoms with van der Waals surface area (Å²) in [7, 11) is 0. The van der Waals surface area contributed by atoms with Gasteiger partial charge in [0.05, 0.1) is 12.6 Å². The highest BCUT2D eigenvalue weighted by Gasteiger charge is 2.23. The number of rotatable bonds is 6. The molecule has 8 heteroatoms. The van der Waals surface area contributed by atoms with Gasteiger partial charge in [-0.3, -0.25) is 4.57 Å². The summed E-state index contributed by atoms with van der Waals surface area (Å²) in [5.41, 5.74) is 5.58. The minimum atomic E-state index is -0.336. The number of nitrogens with zero attached hydrogens (tertiary/aromatic N) is 3. The Morgan fingerprint density at radius 1 is 1.11 bits per heavy atom. The van der Waals surface area contributed by atoms with Gasteiger partial charge in [-0.15, -0.1) is 10.2 Å². The third kappa shape index (κ3) is 4.17. The molecule has 0 amide bonds. The van der Waals surface area contributed by atoms with Gasteiger partial charge in [-0.1, -0.05) is 30.0 Å². The summed E-state index contributed by atoms with van der Waals surface area (Å²) in [5.74, 6) is 1.41. The smallest absolute Gasteiger partial charge is 0.336 e. The van der Waals surface area contributed by atoms with Crippen LogP contribution >= 0.6 is 11.8 Å². The zero-order valence-corrected chi connectivity index (χ0v) is 20.5. The zero-order valence-electron chi connectivity index (χ0n) is 19.7. The van der Waals surface area contributed by atoms with Crippen LogP contribution in [-0.2, 0) is 17.0 Å². The summed E-state index contributed by atoms with van der Waals surface area (Å²) in [4.78, 5) is 15.6. The van der Waals surface area contributed by atoms with Gasteiger partial charge in [-0.2, -0.15) is 0 Å². The lowest BCUT2D eigenvalue weighted by Gasteiger charge is -2.15. The molecule has 6 rings (SSSR count). The molecule has 1 N–H and O–H groups in total. The van der Waals surface area contributed by atoms with E-state index in [1.165, 1.54) is 5.56 Å². The number of aryl methyl sites for hydroxylation is 2. The Balaban J connectivity index is 1.38. The maximum atomic E-state index is 12.3. The molecule has 1 fully saturated rings. The molecule has 5 aromatic rings. The van der Waals surface area contributed by atoms with E-state index in [4.69, 9.17) is 9.15 Å². The van der Waals surface area contributed by atoms with Crippen molar-refractivity contribution in [3.8, 4) is 11.4 Å². The minimum absolute atomic E-state index is 0.143. The van der Waals surface area contributed by atoms with Crippen LogP contribution in [0.5, 0.6) is 0 Å². The number of hydrogen-bond donors (Lipinski definition) is 1. The molecule has 0 bridgehead atoms. The highest BCUT2D eigenvalue weighted by atomic mass is 32.2. The normalized spacial score (nSPS) is 16.0. The number of benzene rings is 2. The van der Waals surface area contributed by atoms with E-state index < -0.39 is 0 Å². The second kappa shape index (κ2) is 9.02. The molecular weight excluding hydrogens is 460 g/mol. The second-order valence-corrected chi connectivity index (χ2v) is 10.1. The third-order valence-electron chi connectivity index (χ3n) is 6.76. The predicted octanol–water partition coefficient (Wildman–Crippen LogP) is 5.62. The van der Waals surface area contributed by atoms with Gasteiger partial charge in [-0.25, -0.2) is 4.79 Å². The molecule has 1 unspecified atom stereocenters. The van der Waals surface area contributed by atoms with Gasteiger partial charge in [0.25, 0.3) is 0 Å². The van der Waals surface area contributed by atoms with Crippen molar-refractivity contribution < 1.29 is 9.15 Å². The van der Waals surface area contributed by atoms with E-state index in [-0.39, 0.29) is 11.7 Å². The molecule has 1 aliphatic heterocycles. The van der Waals surface area contributed by atoms with E-state index in [1.807, 2.05) is 31.3 Å². The van der Waals surface area contributed by atoms with Crippen molar-refractivity contribution in [2.24, 2.45) is 0 Å². The minimum Gasteiger partial charge on any atom is -0.423 e. The molecule has 35 heavy (non-hydrogen) atoms. The van der Waals surface area contributed by atoms with Gasteiger partial charge in [0, 0.05) is 46.5 Å². The maximum absolute atomic E-state index is 12.3. The van der Waals surface area contributed by atoms with Crippen LogP contribution in [0.25, 0.3) is 33.3 Å². The first-order chi connectivity index (χ1) is 17.1. The molecule has 178 valence electrons. The molecule has 1 aliphatic rings. The van der Waals surface area contributed by atoms with Crippen LogP contribution in [0.15, 0.2) is 63.0 Å². The number of nitrogens with one attached hydrogen (secondary N) is 1. The Morgan fingerprint density at radius 3 is 2.83 bits per heavy atom. The van der Waals surface area contributed by atoms with E-state index >= 15 is 0 Å². The largest absolute Gasteiger partial charge is 0.423 e. The zero-order chi connectivity index (χ0) is 23.9. The van der Waals surface area contributed by atoms with Crippen LogP contribution in [0.4, 0.5) is 0 Å². The maximum Gasteiger partial charge on any atom is 0.336 e. The predicted molar refractivity (Wildman–Crippen MR) is 138 cm³/mol. The van der Waals surface area contributed by atoms with E-state index in [9.17, 15) is 4.79 Å². The monoisotopic (exact) mass is 486 g/mol. The molecule has 2 aromatic carbocycles. The van der Waals surface area contributed by atoms with Gasteiger partial charge >= 0.3 is 5.63 Å². The molecule has 0 radical (unpaired) electrons. The van der Waals surface area contributed by atoms with Crippen LogP contribution in [0.2, 0.25) is 0 Å². The third-order valence-corrected chi connectivity index (χ3v) is 7.77. The number of para-hydroxylation sites is 1. The van der Waals surface area contributed by atoms with Crippen LogP contribution < -0.4 is 5.63 Å². The van der Waals surface area contributed by atoms with Crippen LogP contribution in [-0.4, -0.2) is 32.5 Å². The number of aromatic nitrogens is 4. The first-order valence-corrected chi connectivity index (χ1v) is 12.8. The highest BCUT2D eigenvalue weighted by molar-refractivity contribution is 7.98. The van der Waals surface area contributed by atoms with Gasteiger partial charge in [0.15, 0.2) is 11.0 Å². The molecule has 3 aromatic heterocycles. The molecule has 7 nitrogen and oxygen atoms in total. The quantitative estimate of drug-likeness (QED) is 0.248. The number of aromatic amines is 1. The Morgan fingerprint density at radius 2 is 1.97 bits per heavy atom. The highest BCUT2D eigenvalue weighted by Crippen LogP contribution is 2.33. The lowest BCUT2D eigenvalue weighted by Crippen LogP contribution is -2.16. The summed E-state index contributed by atoms with van der Waals surface area (Å²) >= 11 is 1.58. The fraction of sp³-hybridized carbons (Fsp3) is 0.296. The molecular formula is C27H26N4O3S. The number of ether oxygens (including phenoxy) is 1. The Labute approximate surface area is 206 Å².